The number of carbonyl (C=O) groups excluding carboxylic acids is 1. The van der Waals surface area contributed by atoms with Crippen molar-refractivity contribution in [2.24, 2.45) is 0 Å². The zero-order valence-electron chi connectivity index (χ0n) is 16.4. The van der Waals surface area contributed by atoms with Gasteiger partial charge in [0.15, 0.2) is 6.61 Å². The van der Waals surface area contributed by atoms with Gasteiger partial charge in [-0.15, -0.1) is 0 Å². The number of amides is 1. The first-order valence-electron chi connectivity index (χ1n) is 9.62. The first-order valence-corrected chi connectivity index (χ1v) is 9.62. The molecule has 1 aromatic carbocycles. The molecule has 0 fully saturated rings. The zero-order chi connectivity index (χ0) is 20.5. The quantitative estimate of drug-likeness (QED) is 0.681. The minimum atomic E-state index is -0.512. The number of hydrogen-bond acceptors (Lipinski definition) is 4. The number of ether oxygens (including phenoxy) is 1. The van der Waals surface area contributed by atoms with Gasteiger partial charge >= 0.3 is 0 Å². The number of carbonyl (C=O) groups is 1. The molecule has 0 saturated carbocycles. The maximum absolute atomic E-state index is 13.5. The molecule has 0 bridgehead atoms. The summed E-state index contributed by atoms with van der Waals surface area (Å²) in [6.45, 7) is 4.74. The number of aromatic nitrogens is 2. The smallest absolute Gasteiger partial charge is 0.263 e. The van der Waals surface area contributed by atoms with E-state index in [0.717, 1.165) is 6.20 Å². The lowest BCUT2D eigenvalue weighted by Gasteiger charge is -2.28. The zero-order valence-corrected chi connectivity index (χ0v) is 16.4. The molecule has 1 aliphatic rings. The van der Waals surface area contributed by atoms with Crippen molar-refractivity contribution in [1.82, 2.24) is 14.3 Å². The standard InChI is InChI=1S/C22H22FN3O3/c1-14(2)15-3-6-17(7-4-15)29-13-21(27)25-10-9-19-18(12-25)22(28)26-11-16(23)5-8-20(26)24-19/h3-8,11,14H,9-10,12-13H2,1-2H3. The largest absolute Gasteiger partial charge is 0.484 e. The molecule has 7 heteroatoms. The molecular formula is C22H22FN3O3. The second-order valence-corrected chi connectivity index (χ2v) is 7.50. The van der Waals surface area contributed by atoms with E-state index in [9.17, 15) is 14.0 Å². The predicted octanol–water partition coefficient (Wildman–Crippen LogP) is 2.92. The fourth-order valence-corrected chi connectivity index (χ4v) is 3.47. The number of pyridine rings is 1. The average molecular weight is 395 g/mol. The fourth-order valence-electron chi connectivity index (χ4n) is 3.47. The van der Waals surface area contributed by atoms with Crippen LogP contribution in [0.25, 0.3) is 5.65 Å². The lowest BCUT2D eigenvalue weighted by molar-refractivity contribution is -0.134. The Morgan fingerprint density at radius 3 is 2.69 bits per heavy atom. The number of halogens is 1. The van der Waals surface area contributed by atoms with Crippen LogP contribution >= 0.6 is 0 Å². The predicted molar refractivity (Wildman–Crippen MR) is 107 cm³/mol. The van der Waals surface area contributed by atoms with E-state index < -0.39 is 5.82 Å². The monoisotopic (exact) mass is 395 g/mol. The van der Waals surface area contributed by atoms with Crippen LogP contribution in [-0.4, -0.2) is 33.3 Å². The summed E-state index contributed by atoms with van der Waals surface area (Å²) in [6, 6.07) is 10.4. The molecule has 0 spiro atoms. The van der Waals surface area contributed by atoms with Crippen molar-refractivity contribution >= 4 is 11.6 Å². The van der Waals surface area contributed by atoms with E-state index in [1.807, 2.05) is 24.3 Å². The van der Waals surface area contributed by atoms with Gasteiger partial charge in [0.1, 0.15) is 17.2 Å². The molecule has 29 heavy (non-hydrogen) atoms. The van der Waals surface area contributed by atoms with Crippen LogP contribution in [0.15, 0.2) is 47.4 Å². The average Bonchev–Trinajstić information content (AvgIpc) is 2.73. The number of rotatable bonds is 4. The van der Waals surface area contributed by atoms with Crippen molar-refractivity contribution in [2.75, 3.05) is 13.2 Å². The molecule has 0 N–H and O–H groups in total. The highest BCUT2D eigenvalue weighted by Gasteiger charge is 2.25. The molecule has 4 rings (SSSR count). The normalized spacial score (nSPS) is 13.6. The third-order valence-corrected chi connectivity index (χ3v) is 5.19. The van der Waals surface area contributed by atoms with Gasteiger partial charge in [-0.05, 0) is 35.7 Å². The van der Waals surface area contributed by atoms with Gasteiger partial charge in [-0.25, -0.2) is 9.37 Å². The molecule has 3 aromatic rings. The summed E-state index contributed by atoms with van der Waals surface area (Å²) in [5, 5.41) is 0. The van der Waals surface area contributed by atoms with E-state index in [-0.39, 0.29) is 24.6 Å². The van der Waals surface area contributed by atoms with Crippen LogP contribution in [0.1, 0.15) is 36.6 Å². The number of fused-ring (bicyclic) bond motifs is 2. The Morgan fingerprint density at radius 1 is 1.21 bits per heavy atom. The maximum Gasteiger partial charge on any atom is 0.263 e. The lowest BCUT2D eigenvalue weighted by atomic mass is 10.0. The second-order valence-electron chi connectivity index (χ2n) is 7.50. The van der Waals surface area contributed by atoms with E-state index in [2.05, 4.69) is 18.8 Å². The van der Waals surface area contributed by atoms with Crippen LogP contribution in [0, 0.1) is 5.82 Å². The molecule has 3 heterocycles. The lowest BCUT2D eigenvalue weighted by Crippen LogP contribution is -2.42. The van der Waals surface area contributed by atoms with Crippen LogP contribution < -0.4 is 10.3 Å². The van der Waals surface area contributed by atoms with E-state index in [0.29, 0.717) is 41.5 Å². The molecule has 0 aliphatic carbocycles. The van der Waals surface area contributed by atoms with E-state index in [1.54, 1.807) is 4.90 Å². The molecule has 1 amide bonds. The summed E-state index contributed by atoms with van der Waals surface area (Å²) in [5.41, 5.74) is 2.35. The van der Waals surface area contributed by atoms with Gasteiger partial charge in [0.25, 0.3) is 11.5 Å². The highest BCUT2D eigenvalue weighted by molar-refractivity contribution is 5.78. The van der Waals surface area contributed by atoms with E-state index >= 15 is 0 Å². The molecule has 0 unspecified atom stereocenters. The van der Waals surface area contributed by atoms with Crippen LogP contribution in [0.2, 0.25) is 0 Å². The SMILES string of the molecule is CC(C)c1ccc(OCC(=O)N2CCc3nc4ccc(F)cn4c(=O)c3C2)cc1. The minimum absolute atomic E-state index is 0.104. The summed E-state index contributed by atoms with van der Waals surface area (Å²) in [5.74, 6) is 0.342. The highest BCUT2D eigenvalue weighted by Crippen LogP contribution is 2.19. The van der Waals surface area contributed by atoms with Crippen molar-refractivity contribution in [3.63, 3.8) is 0 Å². The van der Waals surface area contributed by atoms with Gasteiger partial charge in [-0.3, -0.25) is 14.0 Å². The first kappa shape index (κ1) is 19.1. The summed E-state index contributed by atoms with van der Waals surface area (Å²) in [6.07, 6.45) is 1.60. The molecule has 0 saturated heterocycles. The Balaban J connectivity index is 1.47. The Kier molecular flexibility index (Phi) is 5.05. The molecule has 1 aliphatic heterocycles. The molecule has 0 atom stereocenters. The minimum Gasteiger partial charge on any atom is -0.484 e. The Labute approximate surface area is 167 Å². The van der Waals surface area contributed by atoms with Gasteiger partial charge < -0.3 is 9.64 Å². The third kappa shape index (κ3) is 3.85. The van der Waals surface area contributed by atoms with Crippen molar-refractivity contribution in [2.45, 2.75) is 32.7 Å². The van der Waals surface area contributed by atoms with Crippen molar-refractivity contribution < 1.29 is 13.9 Å². The Hall–Kier alpha value is -3.22. The summed E-state index contributed by atoms with van der Waals surface area (Å²) < 4.78 is 20.3. The first-order chi connectivity index (χ1) is 13.9. The van der Waals surface area contributed by atoms with Crippen LogP contribution in [0.4, 0.5) is 4.39 Å². The number of benzene rings is 1. The van der Waals surface area contributed by atoms with Crippen molar-refractivity contribution in [3.8, 4) is 5.75 Å². The number of nitrogens with zero attached hydrogens (tertiary/aromatic N) is 3. The second kappa shape index (κ2) is 7.66. The van der Waals surface area contributed by atoms with Crippen LogP contribution in [0.3, 0.4) is 0 Å². The van der Waals surface area contributed by atoms with Crippen molar-refractivity contribution in [3.05, 3.63) is 75.6 Å². The highest BCUT2D eigenvalue weighted by atomic mass is 19.1. The van der Waals surface area contributed by atoms with Gasteiger partial charge in [0.2, 0.25) is 0 Å². The van der Waals surface area contributed by atoms with Gasteiger partial charge in [0, 0.05) is 19.2 Å². The van der Waals surface area contributed by atoms with Crippen LogP contribution in [0.5, 0.6) is 5.75 Å². The summed E-state index contributed by atoms with van der Waals surface area (Å²) in [7, 11) is 0. The van der Waals surface area contributed by atoms with Gasteiger partial charge in [-0.2, -0.15) is 0 Å². The van der Waals surface area contributed by atoms with Crippen molar-refractivity contribution in [1.29, 1.82) is 0 Å². The Bertz CT molecular complexity index is 1120. The van der Waals surface area contributed by atoms with E-state index in [4.69, 9.17) is 4.74 Å². The van der Waals surface area contributed by atoms with E-state index in [1.165, 1.54) is 22.1 Å². The molecular weight excluding hydrogens is 373 g/mol. The summed E-state index contributed by atoms with van der Waals surface area (Å²) in [4.78, 5) is 31.4. The summed E-state index contributed by atoms with van der Waals surface area (Å²) >= 11 is 0. The molecule has 6 nitrogen and oxygen atoms in total. The molecule has 150 valence electrons. The maximum atomic E-state index is 13.5. The fraction of sp³-hybridized carbons (Fsp3) is 0.318. The number of hydrogen-bond donors (Lipinski definition) is 0. The molecule has 0 radical (unpaired) electrons. The Morgan fingerprint density at radius 2 is 1.97 bits per heavy atom. The topological polar surface area (TPSA) is 63.9 Å². The molecule has 2 aromatic heterocycles. The van der Waals surface area contributed by atoms with Crippen LogP contribution in [-0.2, 0) is 17.8 Å². The van der Waals surface area contributed by atoms with Gasteiger partial charge in [0.05, 0.1) is 17.8 Å². The third-order valence-electron chi connectivity index (χ3n) is 5.19. The van der Waals surface area contributed by atoms with Gasteiger partial charge in [-0.1, -0.05) is 26.0 Å².